The molecule has 1 aliphatic heterocycles. The maximum absolute atomic E-state index is 13.4. The van der Waals surface area contributed by atoms with Crippen LogP contribution in [-0.2, 0) is 16.1 Å². The molecule has 1 fully saturated rings. The first-order valence-electron chi connectivity index (χ1n) is 12.4. The van der Waals surface area contributed by atoms with Crippen LogP contribution in [-0.4, -0.2) is 47.5 Å². The van der Waals surface area contributed by atoms with E-state index in [0.717, 1.165) is 11.1 Å². The van der Waals surface area contributed by atoms with Crippen molar-refractivity contribution in [3.8, 4) is 17.2 Å². The SMILES string of the molecule is COc1ccc([C@@H]2C(=C(O)c3ccc(OCC(C)C)c(C)c3)C(=O)C(=O)N2Cc2cccnc2)cc1OC. The first kappa shape index (κ1) is 26.7. The van der Waals surface area contributed by atoms with Gasteiger partial charge in [-0.2, -0.15) is 0 Å². The van der Waals surface area contributed by atoms with Gasteiger partial charge >= 0.3 is 0 Å². The van der Waals surface area contributed by atoms with Crippen LogP contribution in [0.15, 0.2) is 66.5 Å². The van der Waals surface area contributed by atoms with E-state index in [1.165, 1.54) is 19.1 Å². The van der Waals surface area contributed by atoms with Crippen molar-refractivity contribution in [2.24, 2.45) is 5.92 Å². The molecule has 2 aromatic carbocycles. The summed E-state index contributed by atoms with van der Waals surface area (Å²) in [5.74, 6) is 0.291. The van der Waals surface area contributed by atoms with E-state index in [0.29, 0.717) is 40.9 Å². The van der Waals surface area contributed by atoms with Gasteiger partial charge < -0.3 is 24.2 Å². The van der Waals surface area contributed by atoms with E-state index in [2.05, 4.69) is 18.8 Å². The number of Topliss-reactive ketones (excluding diaryl/α,β-unsaturated/α-hetero) is 1. The molecular formula is C30H32N2O6. The van der Waals surface area contributed by atoms with Crippen molar-refractivity contribution in [2.45, 2.75) is 33.4 Å². The molecule has 1 amide bonds. The maximum atomic E-state index is 13.4. The van der Waals surface area contributed by atoms with Gasteiger partial charge in [-0.25, -0.2) is 0 Å². The van der Waals surface area contributed by atoms with Crippen LogP contribution in [0.25, 0.3) is 5.76 Å². The molecule has 198 valence electrons. The van der Waals surface area contributed by atoms with Crippen molar-refractivity contribution in [1.29, 1.82) is 0 Å². The fourth-order valence-electron chi connectivity index (χ4n) is 4.47. The highest BCUT2D eigenvalue weighted by molar-refractivity contribution is 6.46. The highest BCUT2D eigenvalue weighted by atomic mass is 16.5. The Bertz CT molecular complexity index is 1370. The quantitative estimate of drug-likeness (QED) is 0.241. The molecule has 0 radical (unpaired) electrons. The highest BCUT2D eigenvalue weighted by Gasteiger charge is 2.46. The predicted molar refractivity (Wildman–Crippen MR) is 143 cm³/mol. The second-order valence-corrected chi connectivity index (χ2v) is 9.59. The van der Waals surface area contributed by atoms with Gasteiger partial charge in [-0.15, -0.1) is 0 Å². The Hall–Kier alpha value is -4.33. The zero-order chi connectivity index (χ0) is 27.4. The zero-order valence-corrected chi connectivity index (χ0v) is 22.2. The van der Waals surface area contributed by atoms with E-state index in [-0.39, 0.29) is 17.9 Å². The van der Waals surface area contributed by atoms with Crippen molar-refractivity contribution in [3.05, 3.63) is 88.8 Å². The number of aromatic nitrogens is 1. The molecule has 38 heavy (non-hydrogen) atoms. The van der Waals surface area contributed by atoms with Crippen molar-refractivity contribution < 1.29 is 28.9 Å². The molecule has 3 aromatic rings. The minimum atomic E-state index is -0.854. The standard InChI is InChI=1S/C30H32N2O6/c1-18(2)17-38-23-10-9-22(13-19(23)3)28(33)26-27(21-8-11-24(36-4)25(14-21)37-5)32(30(35)29(26)34)16-20-7-6-12-31-15-20/h6-15,18,27,33H,16-17H2,1-5H3/t27-/m1/s1. The Labute approximate surface area is 222 Å². The number of aliphatic hydroxyl groups is 1. The molecule has 0 unspecified atom stereocenters. The molecule has 8 heteroatoms. The third-order valence-corrected chi connectivity index (χ3v) is 6.36. The van der Waals surface area contributed by atoms with Gasteiger partial charge in [0.15, 0.2) is 11.5 Å². The number of amides is 1. The summed E-state index contributed by atoms with van der Waals surface area (Å²) in [6.45, 7) is 6.70. The number of likely N-dealkylation sites (tertiary alicyclic amines) is 1. The van der Waals surface area contributed by atoms with E-state index in [1.807, 2.05) is 13.0 Å². The zero-order valence-electron chi connectivity index (χ0n) is 22.2. The Morgan fingerprint density at radius 3 is 2.39 bits per heavy atom. The third kappa shape index (κ3) is 5.34. The van der Waals surface area contributed by atoms with Gasteiger partial charge in [-0.1, -0.05) is 26.0 Å². The van der Waals surface area contributed by atoms with Gasteiger partial charge in [0, 0.05) is 24.5 Å². The second-order valence-electron chi connectivity index (χ2n) is 9.59. The van der Waals surface area contributed by atoms with Crippen molar-refractivity contribution in [1.82, 2.24) is 9.88 Å². The lowest BCUT2D eigenvalue weighted by Crippen LogP contribution is -2.29. The topological polar surface area (TPSA) is 98.2 Å². The average molecular weight is 517 g/mol. The van der Waals surface area contributed by atoms with Crippen molar-refractivity contribution >= 4 is 17.4 Å². The van der Waals surface area contributed by atoms with Gasteiger partial charge in [-0.3, -0.25) is 14.6 Å². The molecule has 4 rings (SSSR count). The molecule has 1 aromatic heterocycles. The lowest BCUT2D eigenvalue weighted by molar-refractivity contribution is -0.140. The molecule has 0 saturated carbocycles. The summed E-state index contributed by atoms with van der Waals surface area (Å²) in [5.41, 5.74) is 2.58. The second kappa shape index (κ2) is 11.4. The molecule has 2 heterocycles. The molecule has 1 saturated heterocycles. The number of methoxy groups -OCH3 is 2. The monoisotopic (exact) mass is 516 g/mol. The van der Waals surface area contributed by atoms with E-state index in [1.54, 1.807) is 54.9 Å². The van der Waals surface area contributed by atoms with Gasteiger partial charge in [-0.05, 0) is 65.9 Å². The Morgan fingerprint density at radius 2 is 1.76 bits per heavy atom. The number of aliphatic hydroxyl groups excluding tert-OH is 1. The van der Waals surface area contributed by atoms with Crippen LogP contribution in [0.5, 0.6) is 17.2 Å². The van der Waals surface area contributed by atoms with Crippen LogP contribution in [0.4, 0.5) is 0 Å². The first-order chi connectivity index (χ1) is 18.2. The summed E-state index contributed by atoms with van der Waals surface area (Å²) in [6, 6.07) is 13.1. The fourth-order valence-corrected chi connectivity index (χ4v) is 4.47. The number of pyridine rings is 1. The minimum Gasteiger partial charge on any atom is -0.507 e. The molecule has 0 aliphatic carbocycles. The highest BCUT2D eigenvalue weighted by Crippen LogP contribution is 2.43. The number of carbonyl (C=O) groups excluding carboxylic acids is 2. The summed E-state index contributed by atoms with van der Waals surface area (Å²) in [7, 11) is 3.04. The number of aryl methyl sites for hydroxylation is 1. The maximum Gasteiger partial charge on any atom is 0.295 e. The van der Waals surface area contributed by atoms with Crippen molar-refractivity contribution in [3.63, 3.8) is 0 Å². The fraction of sp³-hybridized carbons (Fsp3) is 0.300. The van der Waals surface area contributed by atoms with Crippen LogP contribution in [0.3, 0.4) is 0 Å². The van der Waals surface area contributed by atoms with Crippen LogP contribution >= 0.6 is 0 Å². The van der Waals surface area contributed by atoms with E-state index in [4.69, 9.17) is 14.2 Å². The van der Waals surface area contributed by atoms with Gasteiger partial charge in [0.1, 0.15) is 11.5 Å². The average Bonchev–Trinajstić information content (AvgIpc) is 3.16. The number of nitrogens with zero attached hydrogens (tertiary/aromatic N) is 2. The molecule has 0 bridgehead atoms. The molecule has 1 N–H and O–H groups in total. The first-order valence-corrected chi connectivity index (χ1v) is 12.4. The van der Waals surface area contributed by atoms with E-state index < -0.39 is 17.7 Å². The van der Waals surface area contributed by atoms with E-state index >= 15 is 0 Å². The number of rotatable bonds is 9. The summed E-state index contributed by atoms with van der Waals surface area (Å²) >= 11 is 0. The normalized spacial score (nSPS) is 16.7. The van der Waals surface area contributed by atoms with Gasteiger partial charge in [0.25, 0.3) is 11.7 Å². The Balaban J connectivity index is 1.83. The number of carbonyl (C=O) groups is 2. The van der Waals surface area contributed by atoms with Crippen LogP contribution in [0.2, 0.25) is 0 Å². The predicted octanol–water partition coefficient (Wildman–Crippen LogP) is 5.06. The van der Waals surface area contributed by atoms with E-state index in [9.17, 15) is 14.7 Å². The van der Waals surface area contributed by atoms with Crippen LogP contribution in [0, 0.1) is 12.8 Å². The molecule has 1 atom stereocenters. The molecule has 0 spiro atoms. The Kier molecular flexibility index (Phi) is 8.00. The van der Waals surface area contributed by atoms with Crippen LogP contribution in [0.1, 0.15) is 42.1 Å². The largest absolute Gasteiger partial charge is 0.507 e. The van der Waals surface area contributed by atoms with Gasteiger partial charge in [0.2, 0.25) is 0 Å². The van der Waals surface area contributed by atoms with Gasteiger partial charge in [0.05, 0.1) is 32.4 Å². The number of ether oxygens (including phenoxy) is 3. The molecule has 8 nitrogen and oxygen atoms in total. The van der Waals surface area contributed by atoms with Crippen molar-refractivity contribution in [2.75, 3.05) is 20.8 Å². The third-order valence-electron chi connectivity index (χ3n) is 6.36. The number of benzene rings is 2. The van der Waals surface area contributed by atoms with Crippen LogP contribution < -0.4 is 14.2 Å². The summed E-state index contributed by atoms with van der Waals surface area (Å²) in [6.07, 6.45) is 3.28. The summed E-state index contributed by atoms with van der Waals surface area (Å²) < 4.78 is 16.7. The molecule has 1 aliphatic rings. The number of ketones is 1. The summed E-state index contributed by atoms with van der Waals surface area (Å²) in [5, 5.41) is 11.5. The molecular weight excluding hydrogens is 484 g/mol. The number of hydrogen-bond donors (Lipinski definition) is 1. The number of hydrogen-bond acceptors (Lipinski definition) is 7. The smallest absolute Gasteiger partial charge is 0.295 e. The minimum absolute atomic E-state index is 0.00126. The lowest BCUT2D eigenvalue weighted by Gasteiger charge is -2.26. The lowest BCUT2D eigenvalue weighted by atomic mass is 9.94. The summed E-state index contributed by atoms with van der Waals surface area (Å²) in [4.78, 5) is 32.3. The Morgan fingerprint density at radius 1 is 1.03 bits per heavy atom.